The molecule has 1 atom stereocenters. The van der Waals surface area contributed by atoms with Crippen LogP contribution in [-0.4, -0.2) is 12.5 Å². The van der Waals surface area contributed by atoms with Crippen molar-refractivity contribution in [3.8, 4) is 5.75 Å². The molecule has 5 nitrogen and oxygen atoms in total. The lowest BCUT2D eigenvalue weighted by Crippen LogP contribution is -2.25. The van der Waals surface area contributed by atoms with E-state index < -0.39 is 0 Å². The van der Waals surface area contributed by atoms with Crippen LogP contribution in [-0.2, 0) is 4.79 Å². The molecule has 1 unspecified atom stereocenters. The number of anilines is 1. The minimum absolute atomic E-state index is 0.0513. The van der Waals surface area contributed by atoms with Crippen LogP contribution in [0.2, 0.25) is 0 Å². The zero-order valence-electron chi connectivity index (χ0n) is 10.5. The van der Waals surface area contributed by atoms with E-state index in [0.717, 1.165) is 16.9 Å². The maximum absolute atomic E-state index is 11.3. The van der Waals surface area contributed by atoms with Gasteiger partial charge in [-0.2, -0.15) is 0 Å². The number of hydrogen-bond acceptors (Lipinski definition) is 4. The molecule has 5 heteroatoms. The smallest absolute Gasteiger partial charge is 0.262 e. The minimum atomic E-state index is -0.362. The predicted octanol–water partition coefficient (Wildman–Crippen LogP) is 1.97. The Bertz CT molecular complexity index is 633. The van der Waals surface area contributed by atoms with Crippen LogP contribution in [0.15, 0.2) is 34.9 Å². The standard InChI is InChI=1S/C14H14N2O3/c1-8-4-5-18-14(8)13(15)9-2-3-11-10(6-9)16-12(17)7-19-11/h2-6,13H,7,15H2,1H3,(H,16,17). The molecule has 98 valence electrons. The lowest BCUT2D eigenvalue weighted by atomic mass is 10.0. The highest BCUT2D eigenvalue weighted by atomic mass is 16.5. The molecule has 3 rings (SSSR count). The van der Waals surface area contributed by atoms with Gasteiger partial charge in [0.2, 0.25) is 0 Å². The molecule has 3 N–H and O–H groups in total. The summed E-state index contributed by atoms with van der Waals surface area (Å²) in [4.78, 5) is 11.3. The number of amides is 1. The van der Waals surface area contributed by atoms with E-state index in [1.165, 1.54) is 0 Å². The van der Waals surface area contributed by atoms with Crippen molar-refractivity contribution in [2.45, 2.75) is 13.0 Å². The number of carbonyl (C=O) groups excluding carboxylic acids is 1. The lowest BCUT2D eigenvalue weighted by Gasteiger charge is -2.20. The monoisotopic (exact) mass is 258 g/mol. The molecule has 0 aliphatic carbocycles. The molecular weight excluding hydrogens is 244 g/mol. The first-order valence-electron chi connectivity index (χ1n) is 6.01. The number of hydrogen-bond donors (Lipinski definition) is 2. The van der Waals surface area contributed by atoms with Gasteiger partial charge in [0.25, 0.3) is 5.91 Å². The van der Waals surface area contributed by atoms with Crippen LogP contribution >= 0.6 is 0 Å². The predicted molar refractivity (Wildman–Crippen MR) is 70.0 cm³/mol. The number of aryl methyl sites for hydroxylation is 1. The van der Waals surface area contributed by atoms with Crippen LogP contribution in [0.4, 0.5) is 5.69 Å². The second-order valence-electron chi connectivity index (χ2n) is 4.54. The highest BCUT2D eigenvalue weighted by Crippen LogP contribution is 2.32. The van der Waals surface area contributed by atoms with Gasteiger partial charge >= 0.3 is 0 Å². The van der Waals surface area contributed by atoms with E-state index in [1.807, 2.05) is 31.2 Å². The van der Waals surface area contributed by atoms with Crippen molar-refractivity contribution in [2.75, 3.05) is 11.9 Å². The van der Waals surface area contributed by atoms with Crippen LogP contribution in [0, 0.1) is 6.92 Å². The SMILES string of the molecule is Cc1ccoc1C(N)c1ccc2c(c1)NC(=O)CO2. The van der Waals surface area contributed by atoms with Gasteiger partial charge in [-0.05, 0) is 36.2 Å². The molecule has 1 aliphatic heterocycles. The molecule has 1 aliphatic rings. The largest absolute Gasteiger partial charge is 0.482 e. The van der Waals surface area contributed by atoms with E-state index in [9.17, 15) is 4.79 Å². The fourth-order valence-electron chi connectivity index (χ4n) is 2.15. The average Bonchev–Trinajstić information content (AvgIpc) is 2.83. The number of rotatable bonds is 2. The Morgan fingerprint density at radius 3 is 2.95 bits per heavy atom. The molecular formula is C14H14N2O3. The Kier molecular flexibility index (Phi) is 2.76. The third kappa shape index (κ3) is 2.08. The summed E-state index contributed by atoms with van der Waals surface area (Å²) in [6.45, 7) is 2.00. The number of ether oxygens (including phenoxy) is 1. The summed E-state index contributed by atoms with van der Waals surface area (Å²) in [5.41, 5.74) is 8.70. The highest BCUT2D eigenvalue weighted by molar-refractivity contribution is 5.95. The second-order valence-corrected chi connectivity index (χ2v) is 4.54. The van der Waals surface area contributed by atoms with Gasteiger partial charge in [0, 0.05) is 0 Å². The van der Waals surface area contributed by atoms with Gasteiger partial charge in [-0.3, -0.25) is 4.79 Å². The molecule has 1 aromatic carbocycles. The van der Waals surface area contributed by atoms with E-state index in [2.05, 4.69) is 5.32 Å². The Labute approximate surface area is 110 Å². The van der Waals surface area contributed by atoms with Gasteiger partial charge in [-0.1, -0.05) is 6.07 Å². The van der Waals surface area contributed by atoms with Gasteiger partial charge in [0.15, 0.2) is 6.61 Å². The molecule has 1 amide bonds. The molecule has 2 aromatic rings. The molecule has 2 heterocycles. The van der Waals surface area contributed by atoms with E-state index in [-0.39, 0.29) is 18.6 Å². The molecule has 0 saturated heterocycles. The first-order chi connectivity index (χ1) is 9.15. The van der Waals surface area contributed by atoms with Crippen LogP contribution in [0.1, 0.15) is 22.9 Å². The molecule has 0 radical (unpaired) electrons. The van der Waals surface area contributed by atoms with Crippen LogP contribution in [0.25, 0.3) is 0 Å². The zero-order chi connectivity index (χ0) is 13.4. The van der Waals surface area contributed by atoms with Crippen molar-refractivity contribution in [2.24, 2.45) is 5.73 Å². The Balaban J connectivity index is 1.96. The summed E-state index contributed by atoms with van der Waals surface area (Å²) in [7, 11) is 0. The van der Waals surface area contributed by atoms with Crippen molar-refractivity contribution in [1.82, 2.24) is 0 Å². The maximum atomic E-state index is 11.3. The first-order valence-corrected chi connectivity index (χ1v) is 6.01. The first kappa shape index (κ1) is 11.8. The Morgan fingerprint density at radius 2 is 2.21 bits per heavy atom. The summed E-state index contributed by atoms with van der Waals surface area (Å²) in [5, 5.41) is 2.76. The maximum Gasteiger partial charge on any atom is 0.262 e. The van der Waals surface area contributed by atoms with Crippen molar-refractivity contribution in [3.63, 3.8) is 0 Å². The number of benzene rings is 1. The molecule has 0 fully saturated rings. The highest BCUT2D eigenvalue weighted by Gasteiger charge is 2.20. The molecule has 19 heavy (non-hydrogen) atoms. The fourth-order valence-corrected chi connectivity index (χ4v) is 2.15. The fraction of sp³-hybridized carbons (Fsp3) is 0.214. The van der Waals surface area contributed by atoms with E-state index in [0.29, 0.717) is 11.4 Å². The van der Waals surface area contributed by atoms with Crippen LogP contribution in [0.5, 0.6) is 5.75 Å². The van der Waals surface area contributed by atoms with E-state index >= 15 is 0 Å². The lowest BCUT2D eigenvalue weighted by molar-refractivity contribution is -0.118. The number of furan rings is 1. The number of fused-ring (bicyclic) bond motifs is 1. The van der Waals surface area contributed by atoms with Gasteiger partial charge < -0.3 is 20.2 Å². The van der Waals surface area contributed by atoms with Crippen molar-refractivity contribution in [1.29, 1.82) is 0 Å². The number of carbonyl (C=O) groups is 1. The quantitative estimate of drug-likeness (QED) is 0.863. The topological polar surface area (TPSA) is 77.5 Å². The van der Waals surface area contributed by atoms with Crippen molar-refractivity contribution < 1.29 is 13.9 Å². The Morgan fingerprint density at radius 1 is 1.37 bits per heavy atom. The summed E-state index contributed by atoms with van der Waals surface area (Å²) in [5.74, 6) is 1.22. The summed E-state index contributed by atoms with van der Waals surface area (Å²) < 4.78 is 10.7. The molecule has 0 bridgehead atoms. The van der Waals surface area contributed by atoms with Gasteiger partial charge in [-0.25, -0.2) is 0 Å². The minimum Gasteiger partial charge on any atom is -0.482 e. The van der Waals surface area contributed by atoms with Gasteiger partial charge in [0.1, 0.15) is 11.5 Å². The van der Waals surface area contributed by atoms with Crippen molar-refractivity contribution >= 4 is 11.6 Å². The Hall–Kier alpha value is -2.27. The second kappa shape index (κ2) is 4.44. The summed E-state index contributed by atoms with van der Waals surface area (Å²) >= 11 is 0. The van der Waals surface area contributed by atoms with Crippen LogP contribution < -0.4 is 15.8 Å². The normalized spacial score (nSPS) is 15.4. The number of nitrogens with one attached hydrogen (secondary N) is 1. The zero-order valence-corrected chi connectivity index (χ0v) is 10.5. The average molecular weight is 258 g/mol. The van der Waals surface area contributed by atoms with Crippen LogP contribution in [0.3, 0.4) is 0 Å². The van der Waals surface area contributed by atoms with Gasteiger partial charge in [-0.15, -0.1) is 0 Å². The number of nitrogens with two attached hydrogens (primary N) is 1. The molecule has 1 aromatic heterocycles. The molecule has 0 spiro atoms. The van der Waals surface area contributed by atoms with Gasteiger partial charge in [0.05, 0.1) is 18.0 Å². The summed E-state index contributed by atoms with van der Waals surface area (Å²) in [6.07, 6.45) is 1.62. The third-order valence-corrected chi connectivity index (χ3v) is 3.18. The molecule has 0 saturated carbocycles. The van der Waals surface area contributed by atoms with Crippen molar-refractivity contribution in [3.05, 3.63) is 47.4 Å². The van der Waals surface area contributed by atoms with E-state index in [1.54, 1.807) is 6.26 Å². The third-order valence-electron chi connectivity index (χ3n) is 3.18. The van der Waals surface area contributed by atoms with E-state index in [4.69, 9.17) is 14.9 Å². The summed E-state index contributed by atoms with van der Waals surface area (Å²) in [6, 6.07) is 7.02.